The Bertz CT molecular complexity index is 1150. The lowest BCUT2D eigenvalue weighted by Gasteiger charge is -2.25. The first-order valence-corrected chi connectivity index (χ1v) is 10.9. The number of aromatic amines is 1. The van der Waals surface area contributed by atoms with E-state index >= 15 is 0 Å². The van der Waals surface area contributed by atoms with Gasteiger partial charge in [-0.3, -0.25) is 4.31 Å². The van der Waals surface area contributed by atoms with Crippen LogP contribution in [0.4, 0.5) is 0 Å². The predicted molar refractivity (Wildman–Crippen MR) is 109 cm³/mol. The molecule has 6 heteroatoms. The molecule has 1 aromatic carbocycles. The Balaban J connectivity index is 1.74. The van der Waals surface area contributed by atoms with Gasteiger partial charge < -0.3 is 4.98 Å². The maximum atomic E-state index is 11.7. The third-order valence-corrected chi connectivity index (χ3v) is 6.35. The monoisotopic (exact) mass is 381 g/mol. The molecule has 1 atom stereocenters. The van der Waals surface area contributed by atoms with Crippen LogP contribution >= 0.6 is 0 Å². The number of allylic oxidation sites excluding steroid dienone is 1. The molecule has 140 valence electrons. The molecule has 0 spiro atoms. The Morgan fingerprint density at radius 3 is 2.63 bits per heavy atom. The number of H-pyrrole nitrogens is 1. The molecule has 4 rings (SSSR count). The SMILES string of the molecule is Cc1ccc(-c2ccnc3[nH]c(C4C=CN(S(C)(=O)=O)CC4)cc23)c(C)c1. The molecule has 2 aromatic heterocycles. The van der Waals surface area contributed by atoms with E-state index in [0.717, 1.165) is 28.7 Å². The third kappa shape index (κ3) is 3.37. The van der Waals surface area contributed by atoms with Crippen LogP contribution in [-0.4, -0.2) is 35.5 Å². The van der Waals surface area contributed by atoms with Gasteiger partial charge in [0.1, 0.15) is 5.65 Å². The molecule has 1 aliphatic rings. The summed E-state index contributed by atoms with van der Waals surface area (Å²) >= 11 is 0. The number of nitrogens with zero attached hydrogens (tertiary/aromatic N) is 2. The first kappa shape index (κ1) is 17.8. The van der Waals surface area contributed by atoms with Crippen molar-refractivity contribution in [3.63, 3.8) is 0 Å². The van der Waals surface area contributed by atoms with Gasteiger partial charge in [0.05, 0.1) is 6.26 Å². The van der Waals surface area contributed by atoms with E-state index in [9.17, 15) is 8.42 Å². The highest BCUT2D eigenvalue weighted by Crippen LogP contribution is 2.34. The normalized spacial score (nSPS) is 17.6. The average Bonchev–Trinajstić information content (AvgIpc) is 3.06. The molecule has 3 heterocycles. The second kappa shape index (κ2) is 6.53. The average molecular weight is 382 g/mol. The van der Waals surface area contributed by atoms with E-state index in [1.54, 1.807) is 6.20 Å². The van der Waals surface area contributed by atoms with Crippen LogP contribution in [0.3, 0.4) is 0 Å². The van der Waals surface area contributed by atoms with Gasteiger partial charge in [-0.05, 0) is 49.1 Å². The second-order valence-corrected chi connectivity index (χ2v) is 9.21. The van der Waals surface area contributed by atoms with E-state index in [4.69, 9.17) is 0 Å². The molecule has 1 unspecified atom stereocenters. The van der Waals surface area contributed by atoms with E-state index in [-0.39, 0.29) is 5.92 Å². The molecule has 3 aromatic rings. The number of benzene rings is 1. The van der Waals surface area contributed by atoms with Crippen molar-refractivity contribution < 1.29 is 8.42 Å². The Labute approximate surface area is 159 Å². The molecule has 5 nitrogen and oxygen atoms in total. The van der Waals surface area contributed by atoms with E-state index < -0.39 is 10.0 Å². The van der Waals surface area contributed by atoms with Crippen molar-refractivity contribution in [1.29, 1.82) is 0 Å². The zero-order valence-corrected chi connectivity index (χ0v) is 16.5. The highest BCUT2D eigenvalue weighted by Gasteiger charge is 2.22. The van der Waals surface area contributed by atoms with E-state index in [1.807, 2.05) is 12.3 Å². The summed E-state index contributed by atoms with van der Waals surface area (Å²) in [4.78, 5) is 7.93. The second-order valence-electron chi connectivity index (χ2n) is 7.27. The topological polar surface area (TPSA) is 66.1 Å². The molecule has 0 saturated carbocycles. The Hall–Kier alpha value is -2.60. The van der Waals surface area contributed by atoms with Crippen LogP contribution in [0.25, 0.3) is 22.2 Å². The molecule has 0 amide bonds. The number of aryl methyl sites for hydroxylation is 2. The number of pyridine rings is 1. The maximum absolute atomic E-state index is 11.7. The minimum absolute atomic E-state index is 0.157. The molecule has 0 saturated heterocycles. The molecule has 0 bridgehead atoms. The summed E-state index contributed by atoms with van der Waals surface area (Å²) in [5.41, 5.74) is 6.80. The van der Waals surface area contributed by atoms with Crippen LogP contribution in [0.2, 0.25) is 0 Å². The minimum Gasteiger partial charge on any atom is -0.343 e. The van der Waals surface area contributed by atoms with E-state index in [1.165, 1.54) is 27.3 Å². The summed E-state index contributed by atoms with van der Waals surface area (Å²) in [5.74, 6) is 0.157. The molecule has 0 radical (unpaired) electrons. The van der Waals surface area contributed by atoms with Crippen LogP contribution in [0.1, 0.15) is 29.2 Å². The molecule has 27 heavy (non-hydrogen) atoms. The van der Waals surface area contributed by atoms with Crippen LogP contribution in [0.15, 0.2) is 48.8 Å². The number of fused-ring (bicyclic) bond motifs is 1. The lowest BCUT2D eigenvalue weighted by molar-refractivity contribution is 0.464. The fourth-order valence-electron chi connectivity index (χ4n) is 3.77. The summed E-state index contributed by atoms with van der Waals surface area (Å²) in [7, 11) is -3.18. The molecular formula is C21H23N3O2S. The van der Waals surface area contributed by atoms with E-state index in [0.29, 0.717) is 6.54 Å². The van der Waals surface area contributed by atoms with Gasteiger partial charge in [-0.2, -0.15) is 0 Å². The highest BCUT2D eigenvalue weighted by atomic mass is 32.2. The number of sulfonamides is 1. The highest BCUT2D eigenvalue weighted by molar-refractivity contribution is 7.88. The van der Waals surface area contributed by atoms with Crippen molar-refractivity contribution in [2.45, 2.75) is 26.2 Å². The zero-order chi connectivity index (χ0) is 19.2. The fraction of sp³-hybridized carbons (Fsp3) is 0.286. The van der Waals surface area contributed by atoms with Crippen molar-refractivity contribution >= 4 is 21.1 Å². The van der Waals surface area contributed by atoms with Gasteiger partial charge in [0, 0.05) is 35.9 Å². The van der Waals surface area contributed by atoms with Crippen LogP contribution in [-0.2, 0) is 10.0 Å². The quantitative estimate of drug-likeness (QED) is 0.742. The van der Waals surface area contributed by atoms with Crippen molar-refractivity contribution in [1.82, 2.24) is 14.3 Å². The van der Waals surface area contributed by atoms with Gasteiger partial charge in [-0.25, -0.2) is 13.4 Å². The van der Waals surface area contributed by atoms with Gasteiger partial charge in [0.2, 0.25) is 10.0 Å². The first-order valence-electron chi connectivity index (χ1n) is 9.03. The lowest BCUT2D eigenvalue weighted by Crippen LogP contribution is -2.29. The summed E-state index contributed by atoms with van der Waals surface area (Å²) in [6.07, 6.45) is 7.44. The van der Waals surface area contributed by atoms with Gasteiger partial charge in [0.25, 0.3) is 0 Å². The number of aromatic nitrogens is 2. The number of hydrogen-bond acceptors (Lipinski definition) is 3. The van der Waals surface area contributed by atoms with Gasteiger partial charge >= 0.3 is 0 Å². The van der Waals surface area contributed by atoms with Gasteiger partial charge in [0.15, 0.2) is 0 Å². The first-order chi connectivity index (χ1) is 12.8. The molecule has 1 aliphatic heterocycles. The fourth-order valence-corrected chi connectivity index (χ4v) is 4.50. The largest absolute Gasteiger partial charge is 0.343 e. The summed E-state index contributed by atoms with van der Waals surface area (Å²) in [6, 6.07) is 10.7. The van der Waals surface area contributed by atoms with Crippen molar-refractivity contribution in [2.24, 2.45) is 0 Å². The predicted octanol–water partition coefficient (Wildman–Crippen LogP) is 4.11. The smallest absolute Gasteiger partial charge is 0.231 e. The van der Waals surface area contributed by atoms with Crippen LogP contribution in [0, 0.1) is 13.8 Å². The Kier molecular flexibility index (Phi) is 4.30. The standard InChI is InChI=1S/C21H23N3O2S/c1-14-4-5-17(15(2)12-14)18-6-9-22-21-19(18)13-20(23-21)16-7-10-24(11-8-16)27(3,25)26/h4-7,9-10,12-13,16H,8,11H2,1-3H3,(H,22,23). The number of hydrogen-bond donors (Lipinski definition) is 1. The van der Waals surface area contributed by atoms with Crippen molar-refractivity contribution in [3.8, 4) is 11.1 Å². The molecule has 0 fully saturated rings. The van der Waals surface area contributed by atoms with Crippen LogP contribution < -0.4 is 0 Å². The zero-order valence-electron chi connectivity index (χ0n) is 15.7. The van der Waals surface area contributed by atoms with Crippen LogP contribution in [0.5, 0.6) is 0 Å². The lowest BCUT2D eigenvalue weighted by atomic mass is 9.96. The molecular weight excluding hydrogens is 358 g/mol. The molecule has 0 aliphatic carbocycles. The maximum Gasteiger partial charge on any atom is 0.231 e. The minimum atomic E-state index is -3.18. The third-order valence-electron chi connectivity index (χ3n) is 5.20. The van der Waals surface area contributed by atoms with Gasteiger partial charge in [-0.1, -0.05) is 29.8 Å². The van der Waals surface area contributed by atoms with E-state index in [2.05, 4.69) is 54.1 Å². The molecule has 1 N–H and O–H groups in total. The number of nitrogens with one attached hydrogen (secondary N) is 1. The summed E-state index contributed by atoms with van der Waals surface area (Å²) in [6.45, 7) is 4.72. The Morgan fingerprint density at radius 1 is 1.15 bits per heavy atom. The summed E-state index contributed by atoms with van der Waals surface area (Å²) < 4.78 is 24.8. The number of rotatable bonds is 3. The summed E-state index contributed by atoms with van der Waals surface area (Å²) in [5, 5.41) is 1.10. The van der Waals surface area contributed by atoms with Crippen molar-refractivity contribution in [2.75, 3.05) is 12.8 Å². The van der Waals surface area contributed by atoms with Crippen molar-refractivity contribution in [3.05, 3.63) is 65.6 Å². The Morgan fingerprint density at radius 2 is 1.96 bits per heavy atom. The van der Waals surface area contributed by atoms with Gasteiger partial charge in [-0.15, -0.1) is 0 Å².